The standard InChI is InChI=1S/C22H23N3/c1-14(2)18-12-23-21-11-16(8-9-17(18)21)10-15(3)22-13-24-19-6-4-5-7-20(19)25-22/h4-9,11-15,23H,10H2,1-3H3. The molecule has 0 saturated heterocycles. The topological polar surface area (TPSA) is 41.6 Å². The molecule has 25 heavy (non-hydrogen) atoms. The van der Waals surface area contributed by atoms with Gasteiger partial charge in [-0.25, -0.2) is 4.98 Å². The predicted octanol–water partition coefficient (Wildman–Crippen LogP) is 5.58. The van der Waals surface area contributed by atoms with Gasteiger partial charge in [0.05, 0.1) is 16.7 Å². The Balaban J connectivity index is 1.60. The molecule has 1 unspecified atom stereocenters. The average Bonchev–Trinajstić information content (AvgIpc) is 3.04. The molecule has 0 bridgehead atoms. The second-order valence-electron chi connectivity index (χ2n) is 7.17. The number of hydrogen-bond donors (Lipinski definition) is 1. The Hall–Kier alpha value is -2.68. The monoisotopic (exact) mass is 329 g/mol. The molecule has 3 heteroatoms. The van der Waals surface area contributed by atoms with Crippen molar-refractivity contribution in [3.63, 3.8) is 0 Å². The van der Waals surface area contributed by atoms with Crippen LogP contribution in [-0.4, -0.2) is 15.0 Å². The summed E-state index contributed by atoms with van der Waals surface area (Å²) in [6, 6.07) is 14.8. The Morgan fingerprint density at radius 1 is 1.00 bits per heavy atom. The average molecular weight is 329 g/mol. The van der Waals surface area contributed by atoms with Crippen LogP contribution >= 0.6 is 0 Å². The maximum Gasteiger partial charge on any atom is 0.0890 e. The first-order chi connectivity index (χ1) is 12.1. The van der Waals surface area contributed by atoms with E-state index in [1.54, 1.807) is 0 Å². The van der Waals surface area contributed by atoms with Gasteiger partial charge in [0.25, 0.3) is 0 Å². The molecule has 0 spiro atoms. The fraction of sp³-hybridized carbons (Fsp3) is 0.273. The fourth-order valence-corrected chi connectivity index (χ4v) is 3.47. The molecule has 2 aromatic carbocycles. The van der Waals surface area contributed by atoms with Crippen LogP contribution < -0.4 is 0 Å². The maximum atomic E-state index is 4.79. The van der Waals surface area contributed by atoms with E-state index in [2.05, 4.69) is 55.1 Å². The van der Waals surface area contributed by atoms with Gasteiger partial charge in [0, 0.05) is 29.2 Å². The highest BCUT2D eigenvalue weighted by Crippen LogP contribution is 2.27. The molecule has 4 rings (SSSR count). The van der Waals surface area contributed by atoms with Crippen LogP contribution in [0.25, 0.3) is 21.9 Å². The van der Waals surface area contributed by atoms with Crippen molar-refractivity contribution in [3.8, 4) is 0 Å². The minimum atomic E-state index is 0.328. The van der Waals surface area contributed by atoms with E-state index >= 15 is 0 Å². The molecule has 0 aliphatic carbocycles. The van der Waals surface area contributed by atoms with Crippen molar-refractivity contribution in [3.05, 3.63) is 71.7 Å². The summed E-state index contributed by atoms with van der Waals surface area (Å²) in [6.07, 6.45) is 5.01. The number of aromatic nitrogens is 3. The van der Waals surface area contributed by atoms with Crippen LogP contribution in [-0.2, 0) is 6.42 Å². The Kier molecular flexibility index (Phi) is 4.00. The van der Waals surface area contributed by atoms with Crippen molar-refractivity contribution < 1.29 is 0 Å². The van der Waals surface area contributed by atoms with Crippen LogP contribution in [0.3, 0.4) is 0 Å². The first-order valence-electron chi connectivity index (χ1n) is 8.93. The van der Waals surface area contributed by atoms with E-state index < -0.39 is 0 Å². The highest BCUT2D eigenvalue weighted by atomic mass is 14.8. The third kappa shape index (κ3) is 3.02. The van der Waals surface area contributed by atoms with Gasteiger partial charge in [0.2, 0.25) is 0 Å². The summed E-state index contributed by atoms with van der Waals surface area (Å²) in [4.78, 5) is 12.8. The number of para-hydroxylation sites is 2. The Morgan fingerprint density at radius 3 is 2.60 bits per heavy atom. The van der Waals surface area contributed by atoms with Gasteiger partial charge in [-0.2, -0.15) is 0 Å². The molecule has 4 aromatic rings. The van der Waals surface area contributed by atoms with Gasteiger partial charge in [0.1, 0.15) is 0 Å². The molecule has 0 aliphatic heterocycles. The number of fused-ring (bicyclic) bond motifs is 2. The normalized spacial score (nSPS) is 13.0. The lowest BCUT2D eigenvalue weighted by molar-refractivity contribution is 0.731. The molecular formula is C22H23N3. The van der Waals surface area contributed by atoms with E-state index in [4.69, 9.17) is 4.98 Å². The highest BCUT2D eigenvalue weighted by Gasteiger charge is 2.12. The van der Waals surface area contributed by atoms with Gasteiger partial charge in [-0.05, 0) is 41.7 Å². The third-order valence-electron chi connectivity index (χ3n) is 4.91. The quantitative estimate of drug-likeness (QED) is 0.531. The van der Waals surface area contributed by atoms with E-state index in [-0.39, 0.29) is 0 Å². The van der Waals surface area contributed by atoms with Crippen LogP contribution in [0.2, 0.25) is 0 Å². The summed E-state index contributed by atoms with van der Waals surface area (Å²) in [5.41, 5.74) is 6.90. The van der Waals surface area contributed by atoms with E-state index in [9.17, 15) is 0 Å². The lowest BCUT2D eigenvalue weighted by atomic mass is 9.96. The van der Waals surface area contributed by atoms with Crippen LogP contribution in [0.5, 0.6) is 0 Å². The molecule has 2 aromatic heterocycles. The zero-order valence-electron chi connectivity index (χ0n) is 15.0. The van der Waals surface area contributed by atoms with Crippen molar-refractivity contribution in [1.29, 1.82) is 0 Å². The number of hydrogen-bond acceptors (Lipinski definition) is 2. The predicted molar refractivity (Wildman–Crippen MR) is 104 cm³/mol. The number of H-pyrrole nitrogens is 1. The van der Waals surface area contributed by atoms with Crippen molar-refractivity contribution >= 4 is 21.9 Å². The van der Waals surface area contributed by atoms with Gasteiger partial charge in [-0.3, -0.25) is 4.98 Å². The zero-order valence-corrected chi connectivity index (χ0v) is 15.0. The summed E-state index contributed by atoms with van der Waals surface area (Å²) in [7, 11) is 0. The zero-order chi connectivity index (χ0) is 17.4. The second kappa shape index (κ2) is 6.32. The summed E-state index contributed by atoms with van der Waals surface area (Å²) >= 11 is 0. The van der Waals surface area contributed by atoms with Gasteiger partial charge >= 0.3 is 0 Å². The molecule has 1 N–H and O–H groups in total. The van der Waals surface area contributed by atoms with Gasteiger partial charge in [-0.1, -0.05) is 45.0 Å². The first kappa shape index (κ1) is 15.8. The smallest absolute Gasteiger partial charge is 0.0890 e. The van der Waals surface area contributed by atoms with E-state index in [1.165, 1.54) is 22.0 Å². The van der Waals surface area contributed by atoms with Crippen molar-refractivity contribution in [2.45, 2.75) is 39.0 Å². The minimum absolute atomic E-state index is 0.328. The SMILES string of the molecule is CC(C)c1c[nH]c2cc(CC(C)c3cnc4ccccc4n3)ccc12. The largest absolute Gasteiger partial charge is 0.361 e. The summed E-state index contributed by atoms with van der Waals surface area (Å²) < 4.78 is 0. The van der Waals surface area contributed by atoms with Crippen molar-refractivity contribution in [2.75, 3.05) is 0 Å². The Bertz CT molecular complexity index is 1030. The van der Waals surface area contributed by atoms with Crippen molar-refractivity contribution in [1.82, 2.24) is 15.0 Å². The Labute approximate surface area is 148 Å². The molecule has 2 heterocycles. The highest BCUT2D eigenvalue weighted by molar-refractivity contribution is 5.84. The molecule has 0 amide bonds. The fourth-order valence-electron chi connectivity index (χ4n) is 3.47. The lowest BCUT2D eigenvalue weighted by Crippen LogP contribution is -2.02. The number of benzene rings is 2. The first-order valence-corrected chi connectivity index (χ1v) is 8.93. The van der Waals surface area contributed by atoms with E-state index in [1.807, 2.05) is 30.5 Å². The number of aromatic amines is 1. The van der Waals surface area contributed by atoms with Crippen LogP contribution in [0.4, 0.5) is 0 Å². The van der Waals surface area contributed by atoms with Crippen molar-refractivity contribution in [2.24, 2.45) is 0 Å². The van der Waals surface area contributed by atoms with Gasteiger partial charge in [-0.15, -0.1) is 0 Å². The summed E-state index contributed by atoms with van der Waals surface area (Å²) in [5, 5.41) is 1.33. The van der Waals surface area contributed by atoms with Crippen LogP contribution in [0.15, 0.2) is 54.9 Å². The maximum absolute atomic E-state index is 4.79. The minimum Gasteiger partial charge on any atom is -0.361 e. The van der Waals surface area contributed by atoms with Crippen LogP contribution in [0.1, 0.15) is 49.4 Å². The number of rotatable bonds is 4. The molecule has 126 valence electrons. The van der Waals surface area contributed by atoms with E-state index in [0.29, 0.717) is 11.8 Å². The van der Waals surface area contributed by atoms with Gasteiger partial charge < -0.3 is 4.98 Å². The number of nitrogens with one attached hydrogen (secondary N) is 1. The molecule has 0 saturated carbocycles. The molecular weight excluding hydrogens is 306 g/mol. The number of nitrogens with zero attached hydrogens (tertiary/aromatic N) is 2. The molecule has 0 aliphatic rings. The van der Waals surface area contributed by atoms with Gasteiger partial charge in [0.15, 0.2) is 0 Å². The summed E-state index contributed by atoms with van der Waals surface area (Å²) in [5.74, 6) is 0.862. The lowest BCUT2D eigenvalue weighted by Gasteiger charge is -2.12. The second-order valence-corrected chi connectivity index (χ2v) is 7.17. The molecule has 1 atom stereocenters. The molecule has 0 radical (unpaired) electrons. The van der Waals surface area contributed by atoms with E-state index in [0.717, 1.165) is 23.1 Å². The third-order valence-corrected chi connectivity index (χ3v) is 4.91. The summed E-state index contributed by atoms with van der Waals surface area (Å²) in [6.45, 7) is 6.69. The van der Waals surface area contributed by atoms with Crippen LogP contribution in [0, 0.1) is 0 Å². The molecule has 0 fully saturated rings. The Morgan fingerprint density at radius 2 is 1.80 bits per heavy atom. The molecule has 3 nitrogen and oxygen atoms in total.